The van der Waals surface area contributed by atoms with Crippen LogP contribution >= 0.6 is 0 Å². The van der Waals surface area contributed by atoms with Crippen molar-refractivity contribution in [3.05, 3.63) is 35.9 Å². The highest BCUT2D eigenvalue weighted by Gasteiger charge is 2.49. The summed E-state index contributed by atoms with van der Waals surface area (Å²) in [5.74, 6) is -0.742. The zero-order chi connectivity index (χ0) is 22.9. The molecule has 0 bridgehead atoms. The van der Waals surface area contributed by atoms with Gasteiger partial charge in [-0.2, -0.15) is 0 Å². The van der Waals surface area contributed by atoms with Gasteiger partial charge in [0.2, 0.25) is 0 Å². The molecule has 2 fully saturated rings. The second-order valence-corrected chi connectivity index (χ2v) is 8.50. The lowest BCUT2D eigenvalue weighted by molar-refractivity contribution is -0.302. The van der Waals surface area contributed by atoms with E-state index in [4.69, 9.17) is 20.9 Å². The summed E-state index contributed by atoms with van der Waals surface area (Å²) in [5.41, 5.74) is 12.6. The van der Waals surface area contributed by atoms with Gasteiger partial charge in [0, 0.05) is 18.0 Å². The third kappa shape index (κ3) is 5.14. The number of nitrogens with two attached hydrogens (primary N) is 2. The summed E-state index contributed by atoms with van der Waals surface area (Å²) in [6, 6.07) is 6.72. The number of aliphatic hydroxyl groups excluding tert-OH is 5. The Kier molecular flexibility index (Phi) is 7.79. The highest BCUT2D eigenvalue weighted by atomic mass is 16.7. The van der Waals surface area contributed by atoms with Gasteiger partial charge in [-0.05, 0) is 19.3 Å². The second kappa shape index (κ2) is 9.99. The van der Waals surface area contributed by atoms with Crippen LogP contribution in [0.2, 0.25) is 0 Å². The van der Waals surface area contributed by atoms with Crippen LogP contribution in [-0.4, -0.2) is 92.4 Å². The summed E-state index contributed by atoms with van der Waals surface area (Å²) in [5, 5.41) is 51.3. The molecule has 0 radical (unpaired) electrons. The predicted octanol–water partition coefficient (Wildman–Crippen LogP) is -2.13. The Labute approximate surface area is 180 Å². The van der Waals surface area contributed by atoms with Gasteiger partial charge in [-0.25, -0.2) is 0 Å². The molecular formula is C21H32N2O8. The monoisotopic (exact) mass is 440 g/mol. The number of carbonyl (C=O) groups is 1. The Morgan fingerprint density at radius 3 is 2.35 bits per heavy atom. The molecule has 1 saturated heterocycles. The second-order valence-electron chi connectivity index (χ2n) is 8.50. The number of hydrogen-bond acceptors (Lipinski definition) is 10. The van der Waals surface area contributed by atoms with E-state index in [0.29, 0.717) is 5.56 Å². The van der Waals surface area contributed by atoms with Crippen molar-refractivity contribution in [1.82, 2.24) is 0 Å². The van der Waals surface area contributed by atoms with Gasteiger partial charge in [0.25, 0.3) is 0 Å². The summed E-state index contributed by atoms with van der Waals surface area (Å²) >= 11 is 0. The third-order valence-electron chi connectivity index (χ3n) is 6.16. The average molecular weight is 440 g/mol. The molecule has 9 N–H and O–H groups in total. The molecule has 1 aromatic rings. The summed E-state index contributed by atoms with van der Waals surface area (Å²) in [7, 11) is 0. The molecule has 1 saturated carbocycles. The summed E-state index contributed by atoms with van der Waals surface area (Å²) in [4.78, 5) is 12.5. The van der Waals surface area contributed by atoms with Crippen LogP contribution in [-0.2, 0) is 9.47 Å². The SMILES string of the molecule is C[C@@H](O)C1OC(OC2C(N)CC(CC(=O)c3ccccc3)C(O)C2O)C(N)C(O)C1O. The number of aliphatic hydroxyl groups is 5. The van der Waals surface area contributed by atoms with E-state index in [2.05, 4.69) is 0 Å². The van der Waals surface area contributed by atoms with E-state index in [0.717, 1.165) is 0 Å². The van der Waals surface area contributed by atoms with E-state index in [-0.39, 0.29) is 18.6 Å². The molecule has 0 aromatic heterocycles. The Hall–Kier alpha value is -1.47. The first kappa shape index (κ1) is 24.2. The fraction of sp³-hybridized carbons (Fsp3) is 0.667. The highest BCUT2D eigenvalue weighted by molar-refractivity contribution is 5.96. The van der Waals surface area contributed by atoms with Crippen LogP contribution in [0.1, 0.15) is 30.1 Å². The van der Waals surface area contributed by atoms with Gasteiger partial charge < -0.3 is 46.5 Å². The molecule has 174 valence electrons. The van der Waals surface area contributed by atoms with Gasteiger partial charge in [-0.1, -0.05) is 30.3 Å². The van der Waals surface area contributed by atoms with Gasteiger partial charge >= 0.3 is 0 Å². The van der Waals surface area contributed by atoms with Crippen molar-refractivity contribution in [2.24, 2.45) is 17.4 Å². The lowest BCUT2D eigenvalue weighted by Crippen LogP contribution is -2.66. The minimum Gasteiger partial charge on any atom is -0.391 e. The minimum atomic E-state index is -1.43. The lowest BCUT2D eigenvalue weighted by atomic mass is 9.77. The molecule has 0 spiro atoms. The number of carbonyl (C=O) groups excluding carboxylic acids is 1. The fourth-order valence-corrected chi connectivity index (χ4v) is 4.30. The van der Waals surface area contributed by atoms with Crippen molar-refractivity contribution in [3.8, 4) is 0 Å². The first-order valence-corrected chi connectivity index (χ1v) is 10.4. The van der Waals surface area contributed by atoms with E-state index in [1.54, 1.807) is 30.3 Å². The molecule has 31 heavy (non-hydrogen) atoms. The Balaban J connectivity index is 1.67. The zero-order valence-corrected chi connectivity index (χ0v) is 17.3. The smallest absolute Gasteiger partial charge is 0.176 e. The third-order valence-corrected chi connectivity index (χ3v) is 6.16. The van der Waals surface area contributed by atoms with Gasteiger partial charge in [-0.15, -0.1) is 0 Å². The first-order valence-electron chi connectivity index (χ1n) is 10.4. The fourth-order valence-electron chi connectivity index (χ4n) is 4.30. The van der Waals surface area contributed by atoms with E-state index in [1.807, 2.05) is 0 Å². The first-order chi connectivity index (χ1) is 14.6. The van der Waals surface area contributed by atoms with Crippen LogP contribution in [0.5, 0.6) is 0 Å². The number of ketones is 1. The van der Waals surface area contributed by atoms with Gasteiger partial charge in [-0.3, -0.25) is 4.79 Å². The highest BCUT2D eigenvalue weighted by Crippen LogP contribution is 2.32. The molecule has 10 unspecified atom stereocenters. The van der Waals surface area contributed by atoms with E-state index in [9.17, 15) is 30.3 Å². The minimum absolute atomic E-state index is 0.0110. The molecule has 0 amide bonds. The molecular weight excluding hydrogens is 408 g/mol. The molecule has 1 aliphatic heterocycles. The molecule has 1 heterocycles. The number of Topliss-reactive ketones (excluding diaryl/α,β-unsaturated/α-hetero) is 1. The quantitative estimate of drug-likeness (QED) is 0.241. The van der Waals surface area contributed by atoms with E-state index < -0.39 is 67.0 Å². The summed E-state index contributed by atoms with van der Waals surface area (Å²) in [6.07, 6.45) is -9.99. The van der Waals surface area contributed by atoms with E-state index in [1.165, 1.54) is 6.92 Å². The predicted molar refractivity (Wildman–Crippen MR) is 109 cm³/mol. The average Bonchev–Trinajstić information content (AvgIpc) is 2.75. The number of ether oxygens (including phenoxy) is 2. The van der Waals surface area contributed by atoms with Gasteiger partial charge in [0.15, 0.2) is 12.1 Å². The van der Waals surface area contributed by atoms with Crippen LogP contribution < -0.4 is 11.5 Å². The maximum Gasteiger partial charge on any atom is 0.176 e. The normalized spacial score (nSPS) is 42.2. The number of hydrogen-bond donors (Lipinski definition) is 7. The molecule has 11 atom stereocenters. The van der Waals surface area contributed by atoms with Crippen LogP contribution in [0.15, 0.2) is 30.3 Å². The maximum atomic E-state index is 12.5. The summed E-state index contributed by atoms with van der Waals surface area (Å²) in [6.45, 7) is 1.38. The largest absolute Gasteiger partial charge is 0.391 e. The van der Waals surface area contributed by atoms with Crippen LogP contribution in [0.25, 0.3) is 0 Å². The van der Waals surface area contributed by atoms with Crippen LogP contribution in [0.4, 0.5) is 0 Å². The van der Waals surface area contributed by atoms with Gasteiger partial charge in [0.1, 0.15) is 30.5 Å². The zero-order valence-electron chi connectivity index (χ0n) is 17.3. The molecule has 2 aliphatic rings. The van der Waals surface area contributed by atoms with Gasteiger partial charge in [0.05, 0.1) is 18.2 Å². The van der Waals surface area contributed by atoms with Crippen LogP contribution in [0, 0.1) is 5.92 Å². The van der Waals surface area contributed by atoms with Crippen molar-refractivity contribution in [2.45, 2.75) is 80.9 Å². The van der Waals surface area contributed by atoms with Crippen LogP contribution in [0.3, 0.4) is 0 Å². The van der Waals surface area contributed by atoms with Crippen molar-refractivity contribution in [2.75, 3.05) is 0 Å². The molecule has 10 heteroatoms. The standard InChI is InChI=1S/C21H32N2O8/c1-9(24)19-18(29)16(27)14(23)21(30-19)31-20-12(22)7-11(15(26)17(20)28)8-13(25)10-5-3-2-4-6-10/h2-6,9,11-12,14-21,24,26-29H,7-8,22-23H2,1H3/t9-,11?,12?,14?,15?,16?,17?,18?,19?,20?,21?/m1/s1. The Morgan fingerprint density at radius 1 is 1.10 bits per heavy atom. The van der Waals surface area contributed by atoms with Crippen molar-refractivity contribution >= 4 is 5.78 Å². The molecule has 3 rings (SSSR count). The van der Waals surface area contributed by atoms with Crippen molar-refractivity contribution in [3.63, 3.8) is 0 Å². The van der Waals surface area contributed by atoms with Crippen molar-refractivity contribution < 1.29 is 39.8 Å². The molecule has 1 aliphatic carbocycles. The Morgan fingerprint density at radius 2 is 1.74 bits per heavy atom. The summed E-state index contributed by atoms with van der Waals surface area (Å²) < 4.78 is 11.2. The number of benzene rings is 1. The Bertz CT molecular complexity index is 735. The van der Waals surface area contributed by atoms with Crippen molar-refractivity contribution in [1.29, 1.82) is 0 Å². The maximum absolute atomic E-state index is 12.5. The van der Waals surface area contributed by atoms with E-state index >= 15 is 0 Å². The number of rotatable bonds is 6. The molecule has 10 nitrogen and oxygen atoms in total. The molecule has 1 aromatic carbocycles. The topological polar surface area (TPSA) is 189 Å². The lowest BCUT2D eigenvalue weighted by Gasteiger charge is -2.46.